The quantitative estimate of drug-likeness (QED) is 0.197. The topological polar surface area (TPSA) is 106 Å². The highest BCUT2D eigenvalue weighted by Gasteiger charge is 2.35. The van der Waals surface area contributed by atoms with Crippen LogP contribution < -0.4 is 10.6 Å². The molecule has 0 radical (unpaired) electrons. The summed E-state index contributed by atoms with van der Waals surface area (Å²) in [5, 5.41) is 4.99. The zero-order chi connectivity index (χ0) is 29.8. The number of carbonyl (C=O) groups is 4. The van der Waals surface area contributed by atoms with Crippen molar-refractivity contribution >= 4 is 40.9 Å². The molecule has 2 heterocycles. The zero-order valence-corrected chi connectivity index (χ0v) is 24.2. The first-order valence-corrected chi connectivity index (χ1v) is 13.9. The van der Waals surface area contributed by atoms with Crippen molar-refractivity contribution in [3.05, 3.63) is 51.8 Å². The maximum absolute atomic E-state index is 13.6. The lowest BCUT2D eigenvalue weighted by molar-refractivity contribution is -0.160. The summed E-state index contributed by atoms with van der Waals surface area (Å²) in [7, 11) is 0. The standard InChI is InChI=1S/C29H36ClF2N3O5/c1-6-8-17(28(39)40-29(3,4)5)11-10-16(2)33-27(38)25(36)24-23(30)22(21-9-7-14-35(21)24)26(37)34-18-12-13-19(31)20(32)15-18/h12-13,15-17H,6-11,14H2,1-5H3,(H,33,38)(H,34,37). The van der Waals surface area contributed by atoms with Gasteiger partial charge in [0.2, 0.25) is 0 Å². The molecule has 0 bridgehead atoms. The van der Waals surface area contributed by atoms with Crippen molar-refractivity contribution < 1.29 is 32.7 Å². The monoisotopic (exact) mass is 579 g/mol. The second-order valence-corrected chi connectivity index (χ2v) is 11.5. The van der Waals surface area contributed by atoms with E-state index in [0.717, 1.165) is 18.6 Å². The molecule has 0 fully saturated rings. The Morgan fingerprint density at radius 3 is 2.42 bits per heavy atom. The first-order chi connectivity index (χ1) is 18.7. The van der Waals surface area contributed by atoms with Crippen molar-refractivity contribution in [2.45, 2.75) is 91.3 Å². The summed E-state index contributed by atoms with van der Waals surface area (Å²) >= 11 is 6.50. The number of Topliss-reactive ketones (excluding diaryl/α,β-unsaturated/α-hetero) is 1. The van der Waals surface area contributed by atoms with Crippen LogP contribution in [0.1, 0.15) is 93.3 Å². The summed E-state index contributed by atoms with van der Waals surface area (Å²) in [6, 6.07) is 2.51. The lowest BCUT2D eigenvalue weighted by Gasteiger charge is -2.24. The van der Waals surface area contributed by atoms with E-state index in [1.165, 1.54) is 6.07 Å². The van der Waals surface area contributed by atoms with Gasteiger partial charge in [-0.1, -0.05) is 24.9 Å². The van der Waals surface area contributed by atoms with Crippen LogP contribution in [0.15, 0.2) is 18.2 Å². The molecule has 2 atom stereocenters. The number of esters is 1. The van der Waals surface area contributed by atoms with Crippen LogP contribution in [0.5, 0.6) is 0 Å². The van der Waals surface area contributed by atoms with Gasteiger partial charge >= 0.3 is 5.97 Å². The van der Waals surface area contributed by atoms with Gasteiger partial charge in [-0.25, -0.2) is 8.78 Å². The van der Waals surface area contributed by atoms with E-state index in [2.05, 4.69) is 10.6 Å². The van der Waals surface area contributed by atoms with E-state index in [1.807, 2.05) is 27.7 Å². The Morgan fingerprint density at radius 2 is 1.80 bits per heavy atom. The average molecular weight is 580 g/mol. The molecule has 40 heavy (non-hydrogen) atoms. The Morgan fingerprint density at radius 1 is 1.10 bits per heavy atom. The van der Waals surface area contributed by atoms with Gasteiger partial charge < -0.3 is 19.9 Å². The highest BCUT2D eigenvalue weighted by Crippen LogP contribution is 2.34. The largest absolute Gasteiger partial charge is 0.460 e. The minimum Gasteiger partial charge on any atom is -0.460 e. The number of amides is 2. The van der Waals surface area contributed by atoms with Crippen LogP contribution in [-0.4, -0.2) is 39.8 Å². The van der Waals surface area contributed by atoms with Crippen LogP contribution >= 0.6 is 11.6 Å². The summed E-state index contributed by atoms with van der Waals surface area (Å²) in [5.41, 5.74) is -0.157. The predicted molar refractivity (Wildman–Crippen MR) is 147 cm³/mol. The van der Waals surface area contributed by atoms with E-state index in [-0.39, 0.29) is 33.9 Å². The summed E-state index contributed by atoms with van der Waals surface area (Å²) < 4.78 is 34.0. The molecule has 1 aromatic heterocycles. The van der Waals surface area contributed by atoms with E-state index >= 15 is 0 Å². The Kier molecular flexibility index (Phi) is 10.1. The number of ether oxygens (including phenoxy) is 1. The highest BCUT2D eigenvalue weighted by molar-refractivity contribution is 6.48. The number of benzene rings is 1. The molecule has 11 heteroatoms. The van der Waals surface area contributed by atoms with E-state index in [9.17, 15) is 28.0 Å². The Bertz CT molecular complexity index is 1300. The molecule has 3 rings (SSSR count). The normalized spacial score (nSPS) is 14.3. The van der Waals surface area contributed by atoms with E-state index < -0.39 is 40.9 Å². The number of nitrogens with one attached hydrogen (secondary N) is 2. The fraction of sp³-hybridized carbons (Fsp3) is 0.517. The number of hydrogen-bond acceptors (Lipinski definition) is 5. The molecule has 2 unspecified atom stereocenters. The van der Waals surface area contributed by atoms with Crippen LogP contribution in [-0.2, 0) is 27.3 Å². The van der Waals surface area contributed by atoms with E-state index in [1.54, 1.807) is 11.5 Å². The van der Waals surface area contributed by atoms with Crippen LogP contribution in [0.2, 0.25) is 5.02 Å². The molecule has 2 aromatic rings. The molecular formula is C29H36ClF2N3O5. The average Bonchev–Trinajstić information content (AvgIpc) is 3.41. The number of halogens is 3. The maximum atomic E-state index is 13.6. The molecule has 0 saturated heterocycles. The number of aromatic nitrogens is 1. The maximum Gasteiger partial charge on any atom is 0.309 e. The van der Waals surface area contributed by atoms with Crippen LogP contribution in [0.4, 0.5) is 14.5 Å². The lowest BCUT2D eigenvalue weighted by atomic mass is 9.95. The number of nitrogens with zero attached hydrogens (tertiary/aromatic N) is 1. The summed E-state index contributed by atoms with van der Waals surface area (Å²) in [4.78, 5) is 51.8. The third kappa shape index (κ3) is 7.47. The summed E-state index contributed by atoms with van der Waals surface area (Å²) in [6.07, 6.45) is 3.47. The Labute approximate surface area is 237 Å². The van der Waals surface area contributed by atoms with E-state index in [4.69, 9.17) is 16.3 Å². The number of ketones is 1. The van der Waals surface area contributed by atoms with Crippen molar-refractivity contribution in [2.24, 2.45) is 5.92 Å². The van der Waals surface area contributed by atoms with Gasteiger partial charge in [-0.15, -0.1) is 0 Å². The van der Waals surface area contributed by atoms with E-state index in [0.29, 0.717) is 44.3 Å². The van der Waals surface area contributed by atoms with Crippen molar-refractivity contribution in [3.63, 3.8) is 0 Å². The lowest BCUT2D eigenvalue weighted by Crippen LogP contribution is -2.39. The SMILES string of the molecule is CCCC(CCC(C)NC(=O)C(=O)c1c(Cl)c(C(=O)Nc2ccc(F)c(F)c2)c2n1CCC2)C(=O)OC(C)(C)C. The van der Waals surface area contributed by atoms with Crippen molar-refractivity contribution in [2.75, 3.05) is 5.32 Å². The molecule has 1 aromatic carbocycles. The number of rotatable bonds is 11. The minimum absolute atomic E-state index is 0.0186. The third-order valence-electron chi connectivity index (χ3n) is 6.64. The van der Waals surface area contributed by atoms with Crippen molar-refractivity contribution in [1.29, 1.82) is 0 Å². The Hall–Kier alpha value is -3.27. The summed E-state index contributed by atoms with van der Waals surface area (Å²) in [6.45, 7) is 9.55. The Balaban J connectivity index is 1.71. The number of carbonyl (C=O) groups excluding carboxylic acids is 4. The molecular weight excluding hydrogens is 544 g/mol. The molecule has 2 amide bonds. The molecule has 8 nitrogen and oxygen atoms in total. The van der Waals surface area contributed by atoms with Gasteiger partial charge in [0.05, 0.1) is 16.5 Å². The van der Waals surface area contributed by atoms with Crippen LogP contribution in [0.25, 0.3) is 0 Å². The van der Waals surface area contributed by atoms with Crippen LogP contribution in [0, 0.1) is 17.6 Å². The summed E-state index contributed by atoms with van der Waals surface area (Å²) in [5.74, 6) is -5.24. The smallest absolute Gasteiger partial charge is 0.309 e. The fourth-order valence-corrected chi connectivity index (χ4v) is 5.18. The first kappa shape index (κ1) is 31.3. The van der Waals surface area contributed by atoms with Gasteiger partial charge in [0.1, 0.15) is 11.3 Å². The van der Waals surface area contributed by atoms with Gasteiger partial charge in [0, 0.05) is 30.0 Å². The third-order valence-corrected chi connectivity index (χ3v) is 7.00. The number of anilines is 1. The van der Waals surface area contributed by atoms with Gasteiger partial charge in [-0.05, 0) is 71.9 Å². The molecule has 0 saturated carbocycles. The van der Waals surface area contributed by atoms with Gasteiger partial charge in [0.15, 0.2) is 11.6 Å². The predicted octanol–water partition coefficient (Wildman–Crippen LogP) is 5.84. The second-order valence-electron chi connectivity index (χ2n) is 11.1. The van der Waals surface area contributed by atoms with Crippen LogP contribution in [0.3, 0.4) is 0 Å². The minimum atomic E-state index is -1.13. The molecule has 1 aliphatic rings. The molecule has 1 aliphatic heterocycles. The van der Waals surface area contributed by atoms with Gasteiger partial charge in [0.25, 0.3) is 17.6 Å². The van der Waals surface area contributed by atoms with Gasteiger partial charge in [-0.3, -0.25) is 19.2 Å². The molecule has 0 aliphatic carbocycles. The number of hydrogen-bond donors (Lipinski definition) is 2. The molecule has 2 N–H and O–H groups in total. The second kappa shape index (κ2) is 12.9. The molecule has 218 valence electrons. The number of fused-ring (bicyclic) bond motifs is 1. The van der Waals surface area contributed by atoms with Crippen molar-refractivity contribution in [1.82, 2.24) is 9.88 Å². The van der Waals surface area contributed by atoms with Gasteiger partial charge in [-0.2, -0.15) is 0 Å². The van der Waals surface area contributed by atoms with Crippen molar-refractivity contribution in [3.8, 4) is 0 Å². The first-order valence-electron chi connectivity index (χ1n) is 13.5. The fourth-order valence-electron chi connectivity index (χ4n) is 4.80. The zero-order valence-electron chi connectivity index (χ0n) is 23.5. The molecule has 0 spiro atoms. The highest BCUT2D eigenvalue weighted by atomic mass is 35.5.